The van der Waals surface area contributed by atoms with E-state index in [-0.39, 0.29) is 11.5 Å². The van der Waals surface area contributed by atoms with Gasteiger partial charge in [0.2, 0.25) is 0 Å². The van der Waals surface area contributed by atoms with E-state index < -0.39 is 11.9 Å². The summed E-state index contributed by atoms with van der Waals surface area (Å²) >= 11 is 0. The van der Waals surface area contributed by atoms with Crippen LogP contribution >= 0.6 is 0 Å². The van der Waals surface area contributed by atoms with Crippen molar-refractivity contribution in [2.45, 2.75) is 41.5 Å². The van der Waals surface area contributed by atoms with Gasteiger partial charge in [-0.1, -0.05) is 90.1 Å². The first kappa shape index (κ1) is 26.6. The van der Waals surface area contributed by atoms with Gasteiger partial charge in [-0.2, -0.15) is 0 Å². The highest BCUT2D eigenvalue weighted by Crippen LogP contribution is 2.28. The average molecular weight is 409 g/mol. The Morgan fingerprint density at radius 3 is 1.03 bits per heavy atom. The number of carbonyl (C=O) groups is 2. The minimum atomic E-state index is -0.515. The third kappa shape index (κ3) is 8.74. The Morgan fingerprint density at radius 1 is 0.467 bits per heavy atom. The normalized spacial score (nSPS) is 8.60. The van der Waals surface area contributed by atoms with Gasteiger partial charge in [-0.25, -0.2) is 9.59 Å². The summed E-state index contributed by atoms with van der Waals surface area (Å²) in [5.74, 6) is -0.649. The van der Waals surface area contributed by atoms with Crippen molar-refractivity contribution in [2.75, 3.05) is 0 Å². The molecule has 0 atom stereocenters. The molecule has 0 fully saturated rings. The highest BCUT2D eigenvalue weighted by atomic mass is 16.6. The van der Waals surface area contributed by atoms with Crippen molar-refractivity contribution in [1.29, 1.82) is 0 Å². The highest BCUT2D eigenvalue weighted by molar-refractivity contribution is 5.93. The number of para-hydroxylation sites is 2. The maximum atomic E-state index is 12.2. The fourth-order valence-electron chi connectivity index (χ4n) is 2.08. The van der Waals surface area contributed by atoms with Gasteiger partial charge < -0.3 is 9.47 Å². The molecule has 3 rings (SSSR count). The highest BCUT2D eigenvalue weighted by Gasteiger charge is 2.15. The van der Waals surface area contributed by atoms with Crippen LogP contribution in [0.25, 0.3) is 0 Å². The number of carbonyl (C=O) groups excluding carboxylic acids is 2. The van der Waals surface area contributed by atoms with Crippen LogP contribution in [0, 0.1) is 0 Å². The lowest BCUT2D eigenvalue weighted by Crippen LogP contribution is -2.12. The van der Waals surface area contributed by atoms with E-state index in [0.717, 1.165) is 0 Å². The van der Waals surface area contributed by atoms with Gasteiger partial charge in [0, 0.05) is 0 Å². The maximum Gasteiger partial charge on any atom is 0.343 e. The van der Waals surface area contributed by atoms with Gasteiger partial charge in [0.25, 0.3) is 0 Å². The molecule has 3 aromatic rings. The van der Waals surface area contributed by atoms with Gasteiger partial charge in [-0.05, 0) is 36.4 Å². The number of hydrogen-bond acceptors (Lipinski definition) is 4. The standard InChI is InChI=1S/C20H14O4.3C2H6/c21-19(15-9-3-1-4-10-15)23-17-13-7-8-14-18(17)24-20(22)16-11-5-2-6-12-16;3*1-2/h1-14H;3*1-2H3. The number of rotatable bonds is 4. The van der Waals surface area contributed by atoms with Crippen molar-refractivity contribution in [1.82, 2.24) is 0 Å². The summed E-state index contributed by atoms with van der Waals surface area (Å²) in [4.78, 5) is 24.3. The van der Waals surface area contributed by atoms with Crippen molar-refractivity contribution >= 4 is 11.9 Å². The van der Waals surface area contributed by atoms with Gasteiger partial charge in [-0.3, -0.25) is 0 Å². The number of benzene rings is 3. The minimum Gasteiger partial charge on any atom is -0.419 e. The third-order valence-electron chi connectivity index (χ3n) is 3.27. The van der Waals surface area contributed by atoms with Crippen LogP contribution in [0.2, 0.25) is 0 Å². The molecule has 0 saturated carbocycles. The predicted octanol–water partition coefficient (Wildman–Crippen LogP) is 7.20. The Morgan fingerprint density at radius 2 is 0.733 bits per heavy atom. The molecule has 0 unspecified atom stereocenters. The maximum absolute atomic E-state index is 12.2. The zero-order chi connectivity index (χ0) is 22.8. The van der Waals surface area contributed by atoms with Gasteiger partial charge >= 0.3 is 11.9 Å². The Labute approximate surface area is 180 Å². The first-order valence-corrected chi connectivity index (χ1v) is 10.4. The number of esters is 2. The zero-order valence-corrected chi connectivity index (χ0v) is 18.7. The Hall–Kier alpha value is -3.40. The molecule has 0 saturated heterocycles. The molecule has 0 heterocycles. The molecule has 0 aliphatic rings. The van der Waals surface area contributed by atoms with Crippen LogP contribution in [0.5, 0.6) is 11.5 Å². The van der Waals surface area contributed by atoms with E-state index in [1.807, 2.05) is 53.7 Å². The van der Waals surface area contributed by atoms with E-state index in [4.69, 9.17) is 9.47 Å². The molecular formula is C26H32O4. The molecule has 0 aliphatic heterocycles. The molecule has 0 amide bonds. The van der Waals surface area contributed by atoms with Crippen LogP contribution in [0.15, 0.2) is 84.9 Å². The summed E-state index contributed by atoms with van der Waals surface area (Å²) in [5.41, 5.74) is 0.836. The lowest BCUT2D eigenvalue weighted by atomic mass is 10.2. The zero-order valence-electron chi connectivity index (χ0n) is 18.7. The van der Waals surface area contributed by atoms with Crippen LogP contribution < -0.4 is 9.47 Å². The lowest BCUT2D eigenvalue weighted by molar-refractivity contribution is 0.0682. The van der Waals surface area contributed by atoms with E-state index in [0.29, 0.717) is 11.1 Å². The topological polar surface area (TPSA) is 52.6 Å². The fourth-order valence-corrected chi connectivity index (χ4v) is 2.08. The van der Waals surface area contributed by atoms with Crippen LogP contribution in [0.4, 0.5) is 0 Å². The molecule has 3 aromatic carbocycles. The van der Waals surface area contributed by atoms with Crippen molar-refractivity contribution < 1.29 is 19.1 Å². The summed E-state index contributed by atoms with van der Waals surface area (Å²) in [5, 5.41) is 0. The van der Waals surface area contributed by atoms with Gasteiger partial charge in [0.15, 0.2) is 11.5 Å². The number of hydrogen-bond donors (Lipinski definition) is 0. The van der Waals surface area contributed by atoms with Crippen molar-refractivity contribution in [2.24, 2.45) is 0 Å². The quantitative estimate of drug-likeness (QED) is 0.338. The molecule has 0 bridgehead atoms. The van der Waals surface area contributed by atoms with Crippen molar-refractivity contribution in [3.8, 4) is 11.5 Å². The van der Waals surface area contributed by atoms with Gasteiger partial charge in [-0.15, -0.1) is 0 Å². The lowest BCUT2D eigenvalue weighted by Gasteiger charge is -2.10. The van der Waals surface area contributed by atoms with Crippen LogP contribution in [-0.4, -0.2) is 11.9 Å². The van der Waals surface area contributed by atoms with Crippen LogP contribution in [0.1, 0.15) is 62.3 Å². The van der Waals surface area contributed by atoms with E-state index >= 15 is 0 Å². The van der Waals surface area contributed by atoms with E-state index in [1.165, 1.54) is 0 Å². The fraction of sp³-hybridized carbons (Fsp3) is 0.231. The van der Waals surface area contributed by atoms with Gasteiger partial charge in [0.05, 0.1) is 11.1 Å². The largest absolute Gasteiger partial charge is 0.419 e. The number of ether oxygens (including phenoxy) is 2. The van der Waals surface area contributed by atoms with Crippen LogP contribution in [0.3, 0.4) is 0 Å². The summed E-state index contributed by atoms with van der Waals surface area (Å²) in [6.45, 7) is 12.0. The molecule has 0 spiro atoms. The monoisotopic (exact) mass is 408 g/mol. The molecular weight excluding hydrogens is 376 g/mol. The molecule has 160 valence electrons. The summed E-state index contributed by atoms with van der Waals surface area (Å²) in [6, 6.07) is 23.8. The minimum absolute atomic E-state index is 0.190. The molecule has 4 nitrogen and oxygen atoms in total. The van der Waals surface area contributed by atoms with Crippen molar-refractivity contribution in [3.63, 3.8) is 0 Å². The average Bonchev–Trinajstić information content (AvgIpc) is 2.85. The predicted molar refractivity (Wildman–Crippen MR) is 123 cm³/mol. The smallest absolute Gasteiger partial charge is 0.343 e. The Kier molecular flexibility index (Phi) is 14.7. The summed E-state index contributed by atoms with van der Waals surface area (Å²) in [7, 11) is 0. The second-order valence-electron chi connectivity index (χ2n) is 4.96. The van der Waals surface area contributed by atoms with Gasteiger partial charge in [0.1, 0.15) is 0 Å². The molecule has 0 aromatic heterocycles. The molecule has 4 heteroatoms. The Bertz CT molecular complexity index is 771. The molecule has 0 N–H and O–H groups in total. The molecule has 0 radical (unpaired) electrons. The van der Waals surface area contributed by atoms with Crippen LogP contribution in [-0.2, 0) is 0 Å². The second kappa shape index (κ2) is 16.5. The SMILES string of the molecule is CC.CC.CC.O=C(Oc1ccccc1OC(=O)c1ccccc1)c1ccccc1. The first-order chi connectivity index (χ1) is 14.7. The third-order valence-corrected chi connectivity index (χ3v) is 3.27. The molecule has 0 aliphatic carbocycles. The summed E-state index contributed by atoms with van der Waals surface area (Å²) < 4.78 is 10.7. The summed E-state index contributed by atoms with van der Waals surface area (Å²) in [6.07, 6.45) is 0. The van der Waals surface area contributed by atoms with Crippen molar-refractivity contribution in [3.05, 3.63) is 96.1 Å². The Balaban J connectivity index is 0.00000129. The van der Waals surface area contributed by atoms with E-state index in [9.17, 15) is 9.59 Å². The molecule has 30 heavy (non-hydrogen) atoms. The van der Waals surface area contributed by atoms with E-state index in [2.05, 4.69) is 0 Å². The first-order valence-electron chi connectivity index (χ1n) is 10.4. The van der Waals surface area contributed by atoms with E-state index in [1.54, 1.807) is 72.8 Å². The second-order valence-corrected chi connectivity index (χ2v) is 4.96.